The van der Waals surface area contributed by atoms with Crippen LogP contribution < -0.4 is 20.3 Å². The van der Waals surface area contributed by atoms with Gasteiger partial charge in [-0.3, -0.25) is 19.7 Å². The van der Waals surface area contributed by atoms with E-state index in [1.165, 1.54) is 29.6 Å². The fourth-order valence-corrected chi connectivity index (χ4v) is 9.28. The Hall–Kier alpha value is -5.25. The summed E-state index contributed by atoms with van der Waals surface area (Å²) in [5.74, 6) is 0.744. The first-order chi connectivity index (χ1) is 28.5. The molecule has 0 saturated carbocycles. The van der Waals surface area contributed by atoms with Crippen molar-refractivity contribution in [3.63, 3.8) is 0 Å². The summed E-state index contributed by atoms with van der Waals surface area (Å²) < 4.78 is 30.1. The number of nitrogens with one attached hydrogen (secondary N) is 3. The first kappa shape index (κ1) is 41.9. The highest BCUT2D eigenvalue weighted by molar-refractivity contribution is 7.99. The number of piperazine rings is 1. The molecule has 0 aliphatic carbocycles. The molecular weight excluding hydrogens is 804 g/mol. The van der Waals surface area contributed by atoms with Gasteiger partial charge in [0.15, 0.2) is 5.82 Å². The molecule has 0 amide bonds. The van der Waals surface area contributed by atoms with E-state index < -0.39 is 14.9 Å². The van der Waals surface area contributed by atoms with E-state index in [0.717, 1.165) is 54.9 Å². The highest BCUT2D eigenvalue weighted by Crippen LogP contribution is 2.33. The molecule has 12 nitrogen and oxygen atoms in total. The number of thioether (sulfide) groups is 1. The number of hydrogen-bond acceptors (Lipinski definition) is 11. The second-order valence-corrected chi connectivity index (χ2v) is 18.0. The fraction of sp³-hybridized carbons (Fsp3) is 0.273. The van der Waals surface area contributed by atoms with Crippen molar-refractivity contribution >= 4 is 67.2 Å². The summed E-state index contributed by atoms with van der Waals surface area (Å²) in [4.78, 5) is 26.1. The Labute approximate surface area is 354 Å². The number of benzene rings is 5. The lowest BCUT2D eigenvalue weighted by atomic mass is 9.99. The number of rotatable bonds is 17. The van der Waals surface area contributed by atoms with Crippen molar-refractivity contribution < 1.29 is 13.3 Å². The Morgan fingerprint density at radius 2 is 1.63 bits per heavy atom. The highest BCUT2D eigenvalue weighted by Gasteiger charge is 2.25. The molecule has 6 aromatic rings. The van der Waals surface area contributed by atoms with Gasteiger partial charge in [-0.15, -0.1) is 11.8 Å². The lowest BCUT2D eigenvalue weighted by molar-refractivity contribution is -0.384. The van der Waals surface area contributed by atoms with Crippen LogP contribution in [0.1, 0.15) is 25.8 Å². The number of sulfonamides is 1. The fourth-order valence-electron chi connectivity index (χ4n) is 7.11. The summed E-state index contributed by atoms with van der Waals surface area (Å²) in [7, 11) is -4.27. The number of nitro benzene ring substituents is 1. The maximum Gasteiger partial charge on any atom is 0.293 e. The predicted octanol–water partition coefficient (Wildman–Crippen LogP) is 8.94. The number of halogens is 1. The van der Waals surface area contributed by atoms with Crippen LogP contribution in [0, 0.1) is 10.1 Å². The van der Waals surface area contributed by atoms with Crippen molar-refractivity contribution in [3.05, 3.63) is 142 Å². The summed E-state index contributed by atoms with van der Waals surface area (Å²) in [6.45, 7) is 9.02. The van der Waals surface area contributed by atoms with Crippen LogP contribution in [0.25, 0.3) is 22.0 Å². The average Bonchev–Trinajstić information content (AvgIpc) is 3.23. The molecule has 1 unspecified atom stereocenters. The Morgan fingerprint density at radius 3 is 2.37 bits per heavy atom. The first-order valence-electron chi connectivity index (χ1n) is 19.6. The maximum atomic E-state index is 13.8. The van der Waals surface area contributed by atoms with Gasteiger partial charge < -0.3 is 15.5 Å². The molecule has 0 bridgehead atoms. The van der Waals surface area contributed by atoms with E-state index in [2.05, 4.69) is 85.4 Å². The summed E-state index contributed by atoms with van der Waals surface area (Å²) in [5.41, 5.74) is 5.07. The quantitative estimate of drug-likeness (QED) is 0.0460. The normalized spacial score (nSPS) is 14.1. The predicted molar refractivity (Wildman–Crippen MR) is 240 cm³/mol. The van der Waals surface area contributed by atoms with Crippen molar-refractivity contribution in [2.45, 2.75) is 48.7 Å². The van der Waals surface area contributed by atoms with Gasteiger partial charge in [0.1, 0.15) is 12.0 Å². The molecule has 1 atom stereocenters. The lowest BCUT2D eigenvalue weighted by Gasteiger charge is -2.36. The van der Waals surface area contributed by atoms with Gasteiger partial charge in [-0.05, 0) is 84.3 Å². The third-order valence-electron chi connectivity index (χ3n) is 10.2. The standard InChI is InChI=1S/C44H47ClN8O4S2/c1-31(2)46-21-20-35(29-58-37-9-4-3-5-10-37)49-41-19-17-38(27-43(41)53(54)55)59(56,57)50-44-40-18-16-36(26-42(40)47-30-48-44)52-24-22-51(23-25-52)28-33-8-6-7-11-39(33)32-12-14-34(45)15-13-32/h3-19,26-27,30-31,35,46,49H,20-25,28-29H2,1-2H3,(H,47,48,50). The van der Waals surface area contributed by atoms with Crippen LogP contribution in [-0.2, 0) is 16.6 Å². The minimum absolute atomic E-state index is 0.0891. The molecule has 0 radical (unpaired) electrons. The van der Waals surface area contributed by atoms with Gasteiger partial charge in [-0.25, -0.2) is 18.4 Å². The molecule has 2 heterocycles. The zero-order valence-corrected chi connectivity index (χ0v) is 35.3. The second-order valence-electron chi connectivity index (χ2n) is 14.8. The Morgan fingerprint density at radius 1 is 0.881 bits per heavy atom. The van der Waals surface area contributed by atoms with Gasteiger partial charge >= 0.3 is 0 Å². The van der Waals surface area contributed by atoms with E-state index in [-0.39, 0.29) is 28.1 Å². The average molecular weight is 851 g/mol. The van der Waals surface area contributed by atoms with Crippen molar-refractivity contribution in [1.29, 1.82) is 0 Å². The number of hydrogen-bond donors (Lipinski definition) is 3. The van der Waals surface area contributed by atoms with E-state index in [1.54, 1.807) is 11.8 Å². The minimum Gasteiger partial charge on any atom is -0.376 e. The van der Waals surface area contributed by atoms with E-state index in [0.29, 0.717) is 40.7 Å². The third-order valence-corrected chi connectivity index (χ3v) is 13.0. The van der Waals surface area contributed by atoms with E-state index in [4.69, 9.17) is 11.6 Å². The van der Waals surface area contributed by atoms with Gasteiger partial charge in [0, 0.05) is 77.6 Å². The number of fused-ring (bicyclic) bond motifs is 1. The zero-order chi connectivity index (χ0) is 41.4. The van der Waals surface area contributed by atoms with Crippen LogP contribution in [-0.4, -0.2) is 78.8 Å². The molecule has 3 N–H and O–H groups in total. The zero-order valence-electron chi connectivity index (χ0n) is 32.9. The van der Waals surface area contributed by atoms with Gasteiger partial charge in [-0.2, -0.15) is 0 Å². The Balaban J connectivity index is 1.02. The summed E-state index contributed by atoms with van der Waals surface area (Å²) in [5, 5.41) is 20.3. The molecule has 5 aromatic carbocycles. The van der Waals surface area contributed by atoms with Crippen LogP contribution in [0.2, 0.25) is 5.02 Å². The Kier molecular flexibility index (Phi) is 13.6. The van der Waals surface area contributed by atoms with Crippen LogP contribution in [0.15, 0.2) is 131 Å². The van der Waals surface area contributed by atoms with Gasteiger partial charge in [0.05, 0.1) is 15.3 Å². The van der Waals surface area contributed by atoms with Gasteiger partial charge in [0.25, 0.3) is 15.7 Å². The molecule has 1 fully saturated rings. The van der Waals surface area contributed by atoms with Crippen LogP contribution in [0.5, 0.6) is 0 Å². The summed E-state index contributed by atoms with van der Waals surface area (Å²) in [6.07, 6.45) is 2.02. The van der Waals surface area contributed by atoms with E-state index in [1.807, 2.05) is 60.7 Å². The number of anilines is 3. The van der Waals surface area contributed by atoms with Crippen LogP contribution >= 0.6 is 23.4 Å². The lowest BCUT2D eigenvalue weighted by Crippen LogP contribution is -2.46. The molecule has 7 rings (SSSR count). The number of nitro groups is 1. The minimum atomic E-state index is -4.27. The van der Waals surface area contributed by atoms with Crippen molar-refractivity contribution in [1.82, 2.24) is 20.2 Å². The molecule has 306 valence electrons. The summed E-state index contributed by atoms with van der Waals surface area (Å²) in [6, 6.07) is 36.1. The number of nitrogens with zero attached hydrogens (tertiary/aromatic N) is 5. The molecule has 15 heteroatoms. The molecule has 0 spiro atoms. The first-order valence-corrected chi connectivity index (χ1v) is 22.4. The maximum absolute atomic E-state index is 13.8. The second kappa shape index (κ2) is 19.2. The molecule has 1 aliphatic heterocycles. The van der Waals surface area contributed by atoms with Gasteiger partial charge in [-0.1, -0.05) is 80.0 Å². The molecular formula is C44H47ClN8O4S2. The van der Waals surface area contributed by atoms with Crippen molar-refractivity contribution in [3.8, 4) is 11.1 Å². The van der Waals surface area contributed by atoms with Crippen molar-refractivity contribution in [2.75, 3.05) is 53.4 Å². The Bertz CT molecular complexity index is 2490. The van der Waals surface area contributed by atoms with Crippen LogP contribution in [0.3, 0.4) is 0 Å². The number of aromatic nitrogens is 2. The molecule has 1 saturated heterocycles. The molecule has 1 aliphatic rings. The van der Waals surface area contributed by atoms with E-state index in [9.17, 15) is 18.5 Å². The third kappa shape index (κ3) is 10.9. The van der Waals surface area contributed by atoms with Gasteiger partial charge in [0.2, 0.25) is 0 Å². The smallest absolute Gasteiger partial charge is 0.293 e. The molecule has 59 heavy (non-hydrogen) atoms. The molecule has 1 aromatic heterocycles. The van der Waals surface area contributed by atoms with Crippen molar-refractivity contribution in [2.24, 2.45) is 0 Å². The largest absolute Gasteiger partial charge is 0.376 e. The topological polar surface area (TPSA) is 146 Å². The van der Waals surface area contributed by atoms with Crippen LogP contribution in [0.4, 0.5) is 22.9 Å². The monoisotopic (exact) mass is 850 g/mol. The highest BCUT2D eigenvalue weighted by atomic mass is 35.5. The summed E-state index contributed by atoms with van der Waals surface area (Å²) >= 11 is 7.80. The SMILES string of the molecule is CC(C)NCCC(CSc1ccccc1)Nc1ccc(S(=O)(=O)Nc2ncnc3cc(N4CCN(Cc5ccccc5-c5ccc(Cl)cc5)CC4)ccc23)cc1[N+](=O)[O-]. The van der Waals surface area contributed by atoms with E-state index >= 15 is 0 Å².